The first-order valence-corrected chi connectivity index (χ1v) is 9.63. The van der Waals surface area contributed by atoms with Crippen LogP contribution < -0.4 is 5.32 Å². The van der Waals surface area contributed by atoms with Crippen molar-refractivity contribution >= 4 is 5.95 Å². The number of fused-ring (bicyclic) bond motifs is 1. The summed E-state index contributed by atoms with van der Waals surface area (Å²) < 4.78 is 3.79. The van der Waals surface area contributed by atoms with E-state index in [1.165, 1.54) is 0 Å². The zero-order chi connectivity index (χ0) is 19.5. The maximum absolute atomic E-state index is 10.6. The van der Waals surface area contributed by atoms with Crippen molar-refractivity contribution in [2.45, 2.75) is 39.1 Å². The number of rotatable bonds is 7. The lowest BCUT2D eigenvalue weighted by Gasteiger charge is -2.27. The molecule has 4 rings (SSSR count). The molecule has 3 aromatic rings. The molecule has 148 valence electrons. The summed E-state index contributed by atoms with van der Waals surface area (Å²) in [5.41, 5.74) is 2.82. The molecule has 0 saturated heterocycles. The van der Waals surface area contributed by atoms with Crippen molar-refractivity contribution in [1.82, 2.24) is 34.2 Å². The Balaban J connectivity index is 1.41. The molecule has 0 radical (unpaired) electrons. The number of aliphatic hydroxyl groups is 1. The normalized spacial score (nSPS) is 15.4. The van der Waals surface area contributed by atoms with Crippen LogP contribution in [0.2, 0.25) is 0 Å². The summed E-state index contributed by atoms with van der Waals surface area (Å²) in [4.78, 5) is 15.3. The number of aliphatic hydroxyl groups excluding tert-OH is 1. The molecule has 9 heteroatoms. The van der Waals surface area contributed by atoms with E-state index in [0.29, 0.717) is 17.5 Å². The highest BCUT2D eigenvalue weighted by molar-refractivity contribution is 5.24. The quantitative estimate of drug-likeness (QED) is 0.636. The van der Waals surface area contributed by atoms with Crippen LogP contribution in [0.5, 0.6) is 0 Å². The van der Waals surface area contributed by atoms with Crippen LogP contribution in [0, 0.1) is 0 Å². The van der Waals surface area contributed by atoms with Gasteiger partial charge in [-0.25, -0.2) is 15.0 Å². The van der Waals surface area contributed by atoms with E-state index in [1.807, 2.05) is 41.0 Å². The Morgan fingerprint density at radius 1 is 1.21 bits per heavy atom. The summed E-state index contributed by atoms with van der Waals surface area (Å²) in [5.74, 6) is 1.27. The van der Waals surface area contributed by atoms with Gasteiger partial charge in [0.1, 0.15) is 5.82 Å². The molecule has 4 heterocycles. The average molecular weight is 382 g/mol. The average Bonchev–Trinajstić information content (AvgIpc) is 3.32. The molecular formula is C19H26N8O. The Hall–Kier alpha value is -2.78. The predicted molar refractivity (Wildman–Crippen MR) is 104 cm³/mol. The number of nitrogens with zero attached hydrogens (tertiary/aromatic N) is 7. The van der Waals surface area contributed by atoms with E-state index in [1.54, 1.807) is 6.20 Å². The highest BCUT2D eigenvalue weighted by Gasteiger charge is 2.23. The molecule has 3 aromatic heterocycles. The Bertz CT molecular complexity index is 916. The van der Waals surface area contributed by atoms with E-state index in [4.69, 9.17) is 0 Å². The second kappa shape index (κ2) is 8.07. The van der Waals surface area contributed by atoms with Gasteiger partial charge in [-0.3, -0.25) is 9.58 Å². The maximum Gasteiger partial charge on any atom is 0.222 e. The van der Waals surface area contributed by atoms with Crippen LogP contribution in [0.4, 0.5) is 5.95 Å². The van der Waals surface area contributed by atoms with Crippen molar-refractivity contribution in [2.24, 2.45) is 7.05 Å². The molecule has 0 unspecified atom stereocenters. The minimum Gasteiger partial charge on any atom is -0.379 e. The molecule has 0 spiro atoms. The number of aryl methyl sites for hydroxylation is 1. The van der Waals surface area contributed by atoms with Gasteiger partial charge < -0.3 is 15.0 Å². The molecule has 9 nitrogen and oxygen atoms in total. The third-order valence-corrected chi connectivity index (χ3v) is 4.92. The summed E-state index contributed by atoms with van der Waals surface area (Å²) in [6.07, 6.45) is 7.50. The molecule has 28 heavy (non-hydrogen) atoms. The fraction of sp³-hybridized carbons (Fsp3) is 0.474. The summed E-state index contributed by atoms with van der Waals surface area (Å²) in [7, 11) is 1.87. The fourth-order valence-electron chi connectivity index (χ4n) is 3.41. The van der Waals surface area contributed by atoms with Crippen LogP contribution in [-0.4, -0.2) is 52.4 Å². The molecule has 0 amide bonds. The van der Waals surface area contributed by atoms with Crippen LogP contribution in [0.1, 0.15) is 42.2 Å². The lowest BCUT2D eigenvalue weighted by molar-refractivity contribution is 0.194. The molecule has 1 aliphatic heterocycles. The highest BCUT2D eigenvalue weighted by atomic mass is 16.3. The van der Waals surface area contributed by atoms with E-state index >= 15 is 0 Å². The number of anilines is 1. The third-order valence-electron chi connectivity index (χ3n) is 4.92. The molecular weight excluding hydrogens is 356 g/mol. The van der Waals surface area contributed by atoms with Gasteiger partial charge in [-0.1, -0.05) is 6.92 Å². The van der Waals surface area contributed by atoms with Gasteiger partial charge in [0.2, 0.25) is 5.95 Å². The summed E-state index contributed by atoms with van der Waals surface area (Å²) in [6, 6.07) is 1.97. The topological polar surface area (TPSA) is 96.9 Å². The van der Waals surface area contributed by atoms with Gasteiger partial charge in [0, 0.05) is 63.6 Å². The second-order valence-corrected chi connectivity index (χ2v) is 7.13. The van der Waals surface area contributed by atoms with Crippen molar-refractivity contribution in [2.75, 3.05) is 18.4 Å². The van der Waals surface area contributed by atoms with Crippen molar-refractivity contribution in [3.8, 4) is 0 Å². The van der Waals surface area contributed by atoms with Gasteiger partial charge in [-0.15, -0.1) is 0 Å². The summed E-state index contributed by atoms with van der Waals surface area (Å²) in [5, 5.41) is 18.4. The van der Waals surface area contributed by atoms with Crippen LogP contribution in [-0.2, 0) is 26.7 Å². The second-order valence-electron chi connectivity index (χ2n) is 7.13. The van der Waals surface area contributed by atoms with E-state index in [-0.39, 0.29) is 0 Å². The molecule has 0 aromatic carbocycles. The van der Waals surface area contributed by atoms with Gasteiger partial charge >= 0.3 is 0 Å². The zero-order valence-corrected chi connectivity index (χ0v) is 16.3. The summed E-state index contributed by atoms with van der Waals surface area (Å²) in [6.45, 7) is 6.24. The fourth-order valence-corrected chi connectivity index (χ4v) is 3.41. The number of nitrogens with one attached hydrogen (secondary N) is 1. The minimum absolute atomic E-state index is 0.598. The molecule has 0 aliphatic carbocycles. The first-order chi connectivity index (χ1) is 13.6. The molecule has 1 atom stereocenters. The smallest absolute Gasteiger partial charge is 0.222 e. The predicted octanol–water partition coefficient (Wildman–Crippen LogP) is 1.33. The molecule has 2 N–H and O–H groups in total. The SMILES string of the molecule is CCCNc1ncc(CN2CCn3nc([C@H](O)c4nccn4C)cc3C2)cn1. The lowest BCUT2D eigenvalue weighted by atomic mass is 10.2. The number of hydrogen-bond donors (Lipinski definition) is 2. The van der Waals surface area contributed by atoms with Crippen molar-refractivity contribution in [3.05, 3.63) is 53.6 Å². The van der Waals surface area contributed by atoms with E-state index in [2.05, 4.69) is 37.2 Å². The molecule has 0 bridgehead atoms. The monoisotopic (exact) mass is 382 g/mol. The van der Waals surface area contributed by atoms with Crippen LogP contribution in [0.25, 0.3) is 0 Å². The number of imidazole rings is 1. The standard InChI is InChI=1S/C19H26N8O/c1-3-4-21-19-22-10-14(11-23-19)12-26-7-8-27-15(13-26)9-16(24-27)17(28)18-20-5-6-25(18)2/h5-6,9-11,17,28H,3-4,7-8,12-13H2,1-2H3,(H,21,22,23)/t17-/m0/s1. The summed E-state index contributed by atoms with van der Waals surface area (Å²) >= 11 is 0. The van der Waals surface area contributed by atoms with Gasteiger partial charge in [-0.2, -0.15) is 5.10 Å². The Morgan fingerprint density at radius 2 is 2.04 bits per heavy atom. The first kappa shape index (κ1) is 18.6. The molecule has 1 aliphatic rings. The van der Waals surface area contributed by atoms with Crippen LogP contribution in [0.15, 0.2) is 30.9 Å². The Kier molecular flexibility index (Phi) is 5.36. The number of aromatic nitrogens is 6. The highest BCUT2D eigenvalue weighted by Crippen LogP contribution is 2.23. The largest absolute Gasteiger partial charge is 0.379 e. The molecule has 0 saturated carbocycles. The zero-order valence-electron chi connectivity index (χ0n) is 16.3. The van der Waals surface area contributed by atoms with Gasteiger partial charge in [0.05, 0.1) is 17.9 Å². The van der Waals surface area contributed by atoms with Crippen molar-refractivity contribution < 1.29 is 5.11 Å². The minimum atomic E-state index is -0.817. The van der Waals surface area contributed by atoms with Crippen molar-refractivity contribution in [3.63, 3.8) is 0 Å². The Morgan fingerprint density at radius 3 is 2.75 bits per heavy atom. The van der Waals surface area contributed by atoms with E-state index in [0.717, 1.165) is 50.4 Å². The van der Waals surface area contributed by atoms with Gasteiger partial charge in [0.15, 0.2) is 6.10 Å². The van der Waals surface area contributed by atoms with E-state index in [9.17, 15) is 5.11 Å². The maximum atomic E-state index is 10.6. The first-order valence-electron chi connectivity index (χ1n) is 9.63. The van der Waals surface area contributed by atoms with Gasteiger partial charge in [0.25, 0.3) is 0 Å². The van der Waals surface area contributed by atoms with Gasteiger partial charge in [-0.05, 0) is 12.5 Å². The van der Waals surface area contributed by atoms with Crippen LogP contribution in [0.3, 0.4) is 0 Å². The Labute approximate surface area is 164 Å². The van der Waals surface area contributed by atoms with Crippen LogP contribution >= 0.6 is 0 Å². The third kappa shape index (κ3) is 3.90. The lowest BCUT2D eigenvalue weighted by Crippen LogP contribution is -2.33. The number of hydrogen-bond acceptors (Lipinski definition) is 7. The van der Waals surface area contributed by atoms with E-state index < -0.39 is 6.10 Å². The molecule has 0 fully saturated rings. The van der Waals surface area contributed by atoms with Crippen molar-refractivity contribution in [1.29, 1.82) is 0 Å².